The number of nitrogens with one attached hydrogen (secondary N) is 1. The Kier molecular flexibility index (Phi) is 5.02. The monoisotopic (exact) mass is 347 g/mol. The van der Waals surface area contributed by atoms with Crippen LogP contribution in [0.2, 0.25) is 0 Å². The lowest BCUT2D eigenvalue weighted by Crippen LogP contribution is -2.29. The predicted octanol–water partition coefficient (Wildman–Crippen LogP) is 4.36. The average Bonchev–Trinajstić information content (AvgIpc) is 3.18. The number of piperidine rings is 1. The van der Waals surface area contributed by atoms with Crippen LogP contribution in [0.25, 0.3) is 11.1 Å². The van der Waals surface area contributed by atoms with E-state index in [9.17, 15) is 0 Å². The smallest absolute Gasteiger partial charge is 0.120 e. The molecule has 4 heteroatoms. The van der Waals surface area contributed by atoms with E-state index in [0.29, 0.717) is 12.6 Å². The number of benzene rings is 2. The van der Waals surface area contributed by atoms with Gasteiger partial charge in [-0.05, 0) is 61.7 Å². The maximum Gasteiger partial charge on any atom is 0.120 e. The molecule has 0 aliphatic carbocycles. The molecule has 2 aromatic carbocycles. The first-order valence-electron chi connectivity index (χ1n) is 9.32. The Morgan fingerprint density at radius 3 is 2.69 bits per heavy atom. The maximum atomic E-state index is 5.94. The molecule has 0 bridgehead atoms. The van der Waals surface area contributed by atoms with Crippen LogP contribution in [-0.4, -0.2) is 22.9 Å². The Bertz CT molecular complexity index is 851. The van der Waals surface area contributed by atoms with E-state index in [1.54, 1.807) is 0 Å². The number of ether oxygens (including phenoxy) is 1. The summed E-state index contributed by atoms with van der Waals surface area (Å²) < 4.78 is 8.07. The lowest BCUT2D eigenvalue weighted by molar-refractivity contribution is 0.306. The average molecular weight is 347 g/mol. The molecule has 26 heavy (non-hydrogen) atoms. The number of nitrogens with zero attached hydrogens (tertiary/aromatic N) is 2. The van der Waals surface area contributed by atoms with Gasteiger partial charge in [-0.2, -0.15) is 5.10 Å². The summed E-state index contributed by atoms with van der Waals surface area (Å²) in [5.41, 5.74) is 4.78. The van der Waals surface area contributed by atoms with E-state index in [-0.39, 0.29) is 0 Å². The van der Waals surface area contributed by atoms with E-state index in [1.807, 2.05) is 30.5 Å². The van der Waals surface area contributed by atoms with Crippen molar-refractivity contribution in [1.29, 1.82) is 0 Å². The lowest BCUT2D eigenvalue weighted by Gasteiger charge is -2.22. The molecule has 1 fully saturated rings. The quantitative estimate of drug-likeness (QED) is 0.745. The second-order valence-electron chi connectivity index (χ2n) is 6.94. The first kappa shape index (κ1) is 16.9. The third kappa shape index (κ3) is 3.81. The number of aromatic nitrogens is 2. The van der Waals surface area contributed by atoms with Crippen LogP contribution in [0, 0.1) is 6.92 Å². The number of hydrogen-bond acceptors (Lipinski definition) is 3. The third-order valence-electron chi connectivity index (χ3n) is 5.04. The first-order chi connectivity index (χ1) is 12.8. The molecular formula is C22H25N3O. The van der Waals surface area contributed by atoms with Crippen molar-refractivity contribution in [3.63, 3.8) is 0 Å². The highest BCUT2D eigenvalue weighted by atomic mass is 16.5. The van der Waals surface area contributed by atoms with Gasteiger partial charge in [-0.1, -0.05) is 36.4 Å². The zero-order chi connectivity index (χ0) is 17.8. The fraction of sp³-hybridized carbons (Fsp3) is 0.318. The highest BCUT2D eigenvalue weighted by molar-refractivity contribution is 5.66. The summed E-state index contributed by atoms with van der Waals surface area (Å²) in [6.07, 6.45) is 6.45. The lowest BCUT2D eigenvalue weighted by atomic mass is 10.0. The molecule has 0 amide bonds. The van der Waals surface area contributed by atoms with Crippen molar-refractivity contribution in [2.24, 2.45) is 0 Å². The van der Waals surface area contributed by atoms with Crippen molar-refractivity contribution in [1.82, 2.24) is 15.1 Å². The van der Waals surface area contributed by atoms with Gasteiger partial charge in [0.05, 0.1) is 12.2 Å². The Morgan fingerprint density at radius 1 is 1.12 bits per heavy atom. The van der Waals surface area contributed by atoms with Crippen molar-refractivity contribution in [2.75, 3.05) is 13.1 Å². The molecule has 0 saturated carbocycles. The first-order valence-corrected chi connectivity index (χ1v) is 9.32. The van der Waals surface area contributed by atoms with E-state index in [0.717, 1.165) is 31.7 Å². The van der Waals surface area contributed by atoms with Crippen LogP contribution < -0.4 is 10.1 Å². The van der Waals surface area contributed by atoms with Crippen LogP contribution in [0.5, 0.6) is 5.75 Å². The van der Waals surface area contributed by atoms with Crippen molar-refractivity contribution in [2.45, 2.75) is 32.4 Å². The molecule has 1 aromatic heterocycles. The SMILES string of the molecule is Cc1cc(OCc2ccccc2)ccc1-c1cnn(C2CCNCC2)c1. The third-order valence-corrected chi connectivity index (χ3v) is 5.04. The van der Waals surface area contributed by atoms with E-state index < -0.39 is 0 Å². The van der Waals surface area contributed by atoms with Gasteiger partial charge in [-0.25, -0.2) is 0 Å². The molecule has 1 saturated heterocycles. The Labute approximate surface area is 154 Å². The molecule has 1 N–H and O–H groups in total. The zero-order valence-corrected chi connectivity index (χ0v) is 15.2. The molecule has 0 radical (unpaired) electrons. The van der Waals surface area contributed by atoms with Crippen molar-refractivity contribution in [3.8, 4) is 16.9 Å². The highest BCUT2D eigenvalue weighted by Crippen LogP contribution is 2.28. The topological polar surface area (TPSA) is 39.1 Å². The van der Waals surface area contributed by atoms with Crippen LogP contribution in [0.15, 0.2) is 60.9 Å². The molecule has 0 unspecified atom stereocenters. The maximum absolute atomic E-state index is 5.94. The minimum atomic E-state index is 0.513. The van der Waals surface area contributed by atoms with Crippen molar-refractivity contribution >= 4 is 0 Å². The Hall–Kier alpha value is -2.59. The minimum Gasteiger partial charge on any atom is -0.489 e. The predicted molar refractivity (Wildman–Crippen MR) is 104 cm³/mol. The van der Waals surface area contributed by atoms with Gasteiger partial charge in [0.1, 0.15) is 12.4 Å². The van der Waals surface area contributed by atoms with Gasteiger partial charge >= 0.3 is 0 Å². The minimum absolute atomic E-state index is 0.513. The van der Waals surface area contributed by atoms with Gasteiger partial charge in [0.25, 0.3) is 0 Å². The van der Waals surface area contributed by atoms with Gasteiger partial charge in [0.2, 0.25) is 0 Å². The summed E-state index contributed by atoms with van der Waals surface area (Å²) in [5, 5.41) is 8.02. The molecular weight excluding hydrogens is 322 g/mol. The zero-order valence-electron chi connectivity index (χ0n) is 15.2. The summed E-state index contributed by atoms with van der Waals surface area (Å²) in [4.78, 5) is 0. The number of aryl methyl sites for hydroxylation is 1. The Morgan fingerprint density at radius 2 is 1.92 bits per heavy atom. The van der Waals surface area contributed by atoms with Gasteiger partial charge in [-0.3, -0.25) is 4.68 Å². The summed E-state index contributed by atoms with van der Waals surface area (Å²) in [5.74, 6) is 0.904. The standard InChI is InChI=1S/C22H25N3O/c1-17-13-21(26-16-18-5-3-2-4-6-18)7-8-22(17)19-14-24-25(15-19)20-9-11-23-12-10-20/h2-8,13-15,20,23H,9-12,16H2,1H3. The second-order valence-corrected chi connectivity index (χ2v) is 6.94. The molecule has 134 valence electrons. The molecule has 4 nitrogen and oxygen atoms in total. The summed E-state index contributed by atoms with van der Waals surface area (Å²) in [6, 6.07) is 17.1. The van der Waals surface area contributed by atoms with Crippen LogP contribution in [0.1, 0.15) is 30.0 Å². The summed E-state index contributed by atoms with van der Waals surface area (Å²) >= 11 is 0. The van der Waals surface area contributed by atoms with Crippen molar-refractivity contribution in [3.05, 3.63) is 72.1 Å². The molecule has 0 atom stereocenters. The molecule has 3 aromatic rings. The summed E-state index contributed by atoms with van der Waals surface area (Å²) in [6.45, 7) is 4.87. The van der Waals surface area contributed by atoms with E-state index in [2.05, 4.69) is 52.5 Å². The second kappa shape index (κ2) is 7.75. The van der Waals surface area contributed by atoms with Crippen molar-refractivity contribution < 1.29 is 4.74 Å². The highest BCUT2D eigenvalue weighted by Gasteiger charge is 2.16. The fourth-order valence-electron chi connectivity index (χ4n) is 3.54. The van der Waals surface area contributed by atoms with Crippen LogP contribution in [0.4, 0.5) is 0 Å². The van der Waals surface area contributed by atoms with E-state index in [1.165, 1.54) is 22.3 Å². The van der Waals surface area contributed by atoms with Crippen LogP contribution in [-0.2, 0) is 6.61 Å². The number of rotatable bonds is 5. The molecule has 4 rings (SSSR count). The normalized spacial score (nSPS) is 15.1. The van der Waals surface area contributed by atoms with Gasteiger partial charge in [0.15, 0.2) is 0 Å². The fourth-order valence-corrected chi connectivity index (χ4v) is 3.54. The molecule has 0 spiro atoms. The molecule has 1 aliphatic rings. The largest absolute Gasteiger partial charge is 0.489 e. The van der Waals surface area contributed by atoms with Crippen LogP contribution >= 0.6 is 0 Å². The number of hydrogen-bond donors (Lipinski definition) is 1. The van der Waals surface area contributed by atoms with E-state index in [4.69, 9.17) is 4.74 Å². The molecule has 1 aliphatic heterocycles. The Balaban J connectivity index is 1.46. The van der Waals surface area contributed by atoms with Gasteiger partial charge < -0.3 is 10.1 Å². The summed E-state index contributed by atoms with van der Waals surface area (Å²) in [7, 11) is 0. The van der Waals surface area contributed by atoms with E-state index >= 15 is 0 Å². The van der Waals surface area contributed by atoms with Crippen LogP contribution in [0.3, 0.4) is 0 Å². The van der Waals surface area contributed by atoms with Gasteiger partial charge in [0, 0.05) is 11.8 Å². The van der Waals surface area contributed by atoms with Gasteiger partial charge in [-0.15, -0.1) is 0 Å². The molecule has 2 heterocycles.